The largest absolute Gasteiger partial charge is 0.508 e. The van der Waals surface area contributed by atoms with Gasteiger partial charge in [0.05, 0.1) is 6.42 Å². The van der Waals surface area contributed by atoms with Gasteiger partial charge in [0.2, 0.25) is 11.8 Å². The molecule has 6 nitrogen and oxygen atoms in total. The molecule has 1 aromatic heterocycles. The first-order valence-electron chi connectivity index (χ1n) is 6.34. The van der Waals surface area contributed by atoms with Gasteiger partial charge >= 0.3 is 5.97 Å². The number of carboxylic acid groups (broad SMARTS) is 1. The van der Waals surface area contributed by atoms with Gasteiger partial charge in [0.25, 0.3) is 0 Å². The third kappa shape index (κ3) is 4.08. The first-order chi connectivity index (χ1) is 9.52. The minimum absolute atomic E-state index is 0.0541. The number of benzene rings is 1. The van der Waals surface area contributed by atoms with Crippen LogP contribution >= 0.6 is 0 Å². The lowest BCUT2D eigenvalue weighted by Crippen LogP contribution is -2.07. The molecule has 20 heavy (non-hydrogen) atoms. The van der Waals surface area contributed by atoms with Gasteiger partial charge in [0, 0.05) is 12.8 Å². The van der Waals surface area contributed by atoms with E-state index in [1.165, 1.54) is 0 Å². The van der Waals surface area contributed by atoms with Crippen LogP contribution in [0.1, 0.15) is 30.7 Å². The lowest BCUT2D eigenvalue weighted by molar-refractivity contribution is -0.137. The molecule has 1 unspecified atom stereocenters. The van der Waals surface area contributed by atoms with Crippen LogP contribution in [0.25, 0.3) is 0 Å². The Labute approximate surface area is 116 Å². The van der Waals surface area contributed by atoms with E-state index in [2.05, 4.69) is 10.2 Å². The van der Waals surface area contributed by atoms with Gasteiger partial charge in [-0.05, 0) is 23.6 Å². The van der Waals surface area contributed by atoms with Crippen LogP contribution in [0.15, 0.2) is 28.7 Å². The van der Waals surface area contributed by atoms with Crippen molar-refractivity contribution < 1.29 is 19.4 Å². The zero-order chi connectivity index (χ0) is 14.5. The average molecular weight is 276 g/mol. The Bertz CT molecular complexity index is 594. The fourth-order valence-corrected chi connectivity index (χ4v) is 1.95. The maximum atomic E-state index is 10.6. The molecule has 2 rings (SSSR count). The van der Waals surface area contributed by atoms with Gasteiger partial charge in [-0.25, -0.2) is 0 Å². The molecule has 0 radical (unpaired) electrons. The predicted octanol–water partition coefficient (Wildman–Crippen LogP) is 2.02. The number of hydrogen-bond acceptors (Lipinski definition) is 5. The second-order valence-corrected chi connectivity index (χ2v) is 4.84. The van der Waals surface area contributed by atoms with Crippen LogP contribution in [-0.2, 0) is 17.6 Å². The lowest BCUT2D eigenvalue weighted by atomic mass is 10.0. The van der Waals surface area contributed by atoms with Gasteiger partial charge in [-0.1, -0.05) is 19.1 Å². The molecule has 0 aliphatic heterocycles. The first-order valence-corrected chi connectivity index (χ1v) is 6.34. The van der Waals surface area contributed by atoms with Crippen molar-refractivity contribution in [1.29, 1.82) is 0 Å². The number of hydrogen-bond donors (Lipinski definition) is 2. The van der Waals surface area contributed by atoms with Crippen molar-refractivity contribution in [2.24, 2.45) is 5.92 Å². The average Bonchev–Trinajstić information content (AvgIpc) is 2.75. The number of phenols is 1. The fraction of sp³-hybridized carbons (Fsp3) is 0.357. The van der Waals surface area contributed by atoms with Crippen molar-refractivity contribution in [1.82, 2.24) is 10.2 Å². The number of aromatic hydroxyl groups is 1. The van der Waals surface area contributed by atoms with E-state index >= 15 is 0 Å². The Hall–Kier alpha value is -2.37. The molecule has 0 amide bonds. The smallest absolute Gasteiger partial charge is 0.303 e. The molecule has 2 aromatic rings. The molecule has 0 saturated heterocycles. The molecule has 0 spiro atoms. The standard InChI is InChI=1S/C14H16N2O4/c1-9(6-14(18)19)5-12-15-16-13(20-12)8-10-3-2-4-11(17)7-10/h2-4,7,9,17H,5-6,8H2,1H3,(H,18,19). The van der Waals surface area contributed by atoms with Crippen molar-refractivity contribution in [3.63, 3.8) is 0 Å². The van der Waals surface area contributed by atoms with Gasteiger partial charge in [0.1, 0.15) is 5.75 Å². The second kappa shape index (κ2) is 6.18. The molecule has 0 bridgehead atoms. The summed E-state index contributed by atoms with van der Waals surface area (Å²) in [6.45, 7) is 1.83. The zero-order valence-electron chi connectivity index (χ0n) is 11.1. The molecule has 1 aromatic carbocycles. The maximum Gasteiger partial charge on any atom is 0.303 e. The Morgan fingerprint density at radius 3 is 2.80 bits per heavy atom. The number of rotatable bonds is 6. The van der Waals surface area contributed by atoms with Crippen LogP contribution in [0.5, 0.6) is 5.75 Å². The van der Waals surface area contributed by atoms with E-state index in [1.807, 2.05) is 13.0 Å². The Morgan fingerprint density at radius 1 is 1.35 bits per heavy atom. The Morgan fingerprint density at radius 2 is 2.10 bits per heavy atom. The van der Waals surface area contributed by atoms with E-state index in [0.717, 1.165) is 5.56 Å². The second-order valence-electron chi connectivity index (χ2n) is 4.84. The molecule has 0 fully saturated rings. The van der Waals surface area contributed by atoms with E-state index < -0.39 is 5.97 Å². The van der Waals surface area contributed by atoms with Gasteiger partial charge in [0.15, 0.2) is 0 Å². The summed E-state index contributed by atoms with van der Waals surface area (Å²) in [5.74, 6) is 0.193. The summed E-state index contributed by atoms with van der Waals surface area (Å²) in [5, 5.41) is 25.9. The van der Waals surface area contributed by atoms with Gasteiger partial charge in [-0.15, -0.1) is 10.2 Å². The van der Waals surface area contributed by atoms with Crippen molar-refractivity contribution in [3.8, 4) is 5.75 Å². The highest BCUT2D eigenvalue weighted by Crippen LogP contribution is 2.16. The fourth-order valence-electron chi connectivity index (χ4n) is 1.95. The number of aromatic nitrogens is 2. The summed E-state index contributed by atoms with van der Waals surface area (Å²) < 4.78 is 5.48. The summed E-state index contributed by atoms with van der Waals surface area (Å²) in [6, 6.07) is 6.83. The Kier molecular flexibility index (Phi) is 4.34. The summed E-state index contributed by atoms with van der Waals surface area (Å²) >= 11 is 0. The topological polar surface area (TPSA) is 96.5 Å². The van der Waals surface area contributed by atoms with Gasteiger partial charge in [-0.3, -0.25) is 4.79 Å². The molecular weight excluding hydrogens is 260 g/mol. The highest BCUT2D eigenvalue weighted by molar-refractivity contribution is 5.66. The number of aliphatic carboxylic acids is 1. The van der Waals surface area contributed by atoms with Crippen LogP contribution in [0.3, 0.4) is 0 Å². The SMILES string of the molecule is CC(CC(=O)O)Cc1nnc(Cc2cccc(O)c2)o1. The van der Waals surface area contributed by atoms with Crippen molar-refractivity contribution in [2.45, 2.75) is 26.2 Å². The quantitative estimate of drug-likeness (QED) is 0.837. The van der Waals surface area contributed by atoms with Gasteiger partial charge < -0.3 is 14.6 Å². The highest BCUT2D eigenvalue weighted by atomic mass is 16.4. The molecule has 1 heterocycles. The van der Waals surface area contributed by atoms with Crippen LogP contribution < -0.4 is 0 Å². The molecule has 106 valence electrons. The number of carbonyl (C=O) groups is 1. The lowest BCUT2D eigenvalue weighted by Gasteiger charge is -2.03. The molecule has 0 aliphatic rings. The third-order valence-electron chi connectivity index (χ3n) is 2.82. The molecule has 6 heteroatoms. The first kappa shape index (κ1) is 14.0. The van der Waals surface area contributed by atoms with Crippen LogP contribution in [0, 0.1) is 5.92 Å². The molecule has 2 N–H and O–H groups in total. The van der Waals surface area contributed by atoms with E-state index in [1.54, 1.807) is 18.2 Å². The van der Waals surface area contributed by atoms with E-state index in [0.29, 0.717) is 24.6 Å². The normalized spacial score (nSPS) is 12.2. The predicted molar refractivity (Wildman–Crippen MR) is 70.3 cm³/mol. The van der Waals surface area contributed by atoms with E-state index in [9.17, 15) is 9.90 Å². The zero-order valence-corrected chi connectivity index (χ0v) is 11.1. The minimum atomic E-state index is -0.836. The van der Waals surface area contributed by atoms with Crippen molar-refractivity contribution >= 4 is 5.97 Å². The summed E-state index contributed by atoms with van der Waals surface area (Å²) in [7, 11) is 0. The minimum Gasteiger partial charge on any atom is -0.508 e. The summed E-state index contributed by atoms with van der Waals surface area (Å²) in [4.78, 5) is 10.6. The molecule has 0 aliphatic carbocycles. The third-order valence-corrected chi connectivity index (χ3v) is 2.82. The van der Waals surface area contributed by atoms with E-state index in [4.69, 9.17) is 9.52 Å². The van der Waals surface area contributed by atoms with Crippen LogP contribution in [0.2, 0.25) is 0 Å². The van der Waals surface area contributed by atoms with E-state index in [-0.39, 0.29) is 18.1 Å². The number of carboxylic acids is 1. The van der Waals surface area contributed by atoms with Crippen molar-refractivity contribution in [3.05, 3.63) is 41.6 Å². The summed E-state index contributed by atoms with van der Waals surface area (Å²) in [6.07, 6.45) is 0.957. The number of phenolic OH excluding ortho intramolecular Hbond substituents is 1. The molecule has 0 saturated carbocycles. The summed E-state index contributed by atoms with van der Waals surface area (Å²) in [5.41, 5.74) is 0.874. The monoisotopic (exact) mass is 276 g/mol. The van der Waals surface area contributed by atoms with Crippen molar-refractivity contribution in [2.75, 3.05) is 0 Å². The molecule has 1 atom stereocenters. The highest BCUT2D eigenvalue weighted by Gasteiger charge is 2.13. The van der Waals surface area contributed by atoms with Gasteiger partial charge in [-0.2, -0.15) is 0 Å². The molecular formula is C14H16N2O4. The van der Waals surface area contributed by atoms with Crippen LogP contribution in [-0.4, -0.2) is 26.4 Å². The number of nitrogens with zero attached hydrogens (tertiary/aromatic N) is 2. The van der Waals surface area contributed by atoms with Crippen LogP contribution in [0.4, 0.5) is 0 Å². The Balaban J connectivity index is 1.97. The maximum absolute atomic E-state index is 10.6.